The first-order chi connectivity index (χ1) is 14.2. The summed E-state index contributed by atoms with van der Waals surface area (Å²) in [6.45, 7) is 5.26. The van der Waals surface area contributed by atoms with Gasteiger partial charge in [-0.05, 0) is 30.7 Å². The van der Waals surface area contributed by atoms with Crippen LogP contribution >= 0.6 is 0 Å². The van der Waals surface area contributed by atoms with Gasteiger partial charge in [-0.1, -0.05) is 50.2 Å². The van der Waals surface area contributed by atoms with Crippen LogP contribution in [0, 0.1) is 0 Å². The minimum absolute atomic E-state index is 0.312. The van der Waals surface area contributed by atoms with Crippen molar-refractivity contribution >= 4 is 23.3 Å². The molecule has 6 heteroatoms. The summed E-state index contributed by atoms with van der Waals surface area (Å²) < 4.78 is 5.13. The van der Waals surface area contributed by atoms with Gasteiger partial charge in [0.1, 0.15) is 6.04 Å². The number of fused-ring (bicyclic) bond motifs is 1. The first-order valence-corrected chi connectivity index (χ1v) is 9.82. The van der Waals surface area contributed by atoms with Gasteiger partial charge in [-0.15, -0.1) is 0 Å². The van der Waals surface area contributed by atoms with E-state index in [1.807, 2.05) is 36.2 Å². The Bertz CT molecular complexity index is 995. The maximum atomic E-state index is 12.5. The Morgan fingerprint density at radius 3 is 2.37 bits per heavy atom. The Hall–Kier alpha value is -3.41. The number of esters is 1. The molecule has 1 heterocycles. The number of carbonyl (C=O) groups is 3. The molecule has 1 atom stereocenters. The fraction of sp³-hybridized carbons (Fsp3) is 0.292. The van der Waals surface area contributed by atoms with Crippen molar-refractivity contribution in [1.29, 1.82) is 0 Å². The van der Waals surface area contributed by atoms with Crippen LogP contribution in [0.1, 0.15) is 36.7 Å². The lowest BCUT2D eigenvalue weighted by atomic mass is 9.83. The largest absolute Gasteiger partial charge is 0.456 e. The Morgan fingerprint density at radius 1 is 1.07 bits per heavy atom. The normalized spacial score (nSPS) is 16.7. The molecule has 3 rings (SSSR count). The summed E-state index contributed by atoms with van der Waals surface area (Å²) in [6.07, 6.45) is 1.53. The molecule has 0 bridgehead atoms. The van der Waals surface area contributed by atoms with Gasteiger partial charge in [0, 0.05) is 35.5 Å². The number of ketones is 1. The van der Waals surface area contributed by atoms with Crippen molar-refractivity contribution in [3.63, 3.8) is 0 Å². The zero-order valence-electron chi connectivity index (χ0n) is 17.6. The van der Waals surface area contributed by atoms with E-state index in [1.54, 1.807) is 30.3 Å². The van der Waals surface area contributed by atoms with Gasteiger partial charge in [-0.25, -0.2) is 4.79 Å². The number of ether oxygens (including phenoxy) is 1. The van der Waals surface area contributed by atoms with Gasteiger partial charge in [0.25, 0.3) is 5.91 Å². The molecule has 0 spiro atoms. The maximum Gasteiger partial charge on any atom is 0.328 e. The van der Waals surface area contributed by atoms with Crippen molar-refractivity contribution in [3.05, 3.63) is 77.5 Å². The molecular weight excluding hydrogens is 380 g/mol. The number of anilines is 1. The highest BCUT2D eigenvalue weighted by Crippen LogP contribution is 2.46. The summed E-state index contributed by atoms with van der Waals surface area (Å²) in [6, 6.07) is 15.7. The summed E-state index contributed by atoms with van der Waals surface area (Å²) in [5, 5.41) is 2.58. The zero-order valence-corrected chi connectivity index (χ0v) is 17.6. The van der Waals surface area contributed by atoms with E-state index in [1.165, 1.54) is 13.0 Å². The van der Waals surface area contributed by atoms with E-state index in [0.717, 1.165) is 16.9 Å². The molecule has 0 aliphatic carbocycles. The van der Waals surface area contributed by atoms with Gasteiger partial charge >= 0.3 is 5.97 Å². The lowest BCUT2D eigenvalue weighted by Gasteiger charge is -2.24. The van der Waals surface area contributed by atoms with Crippen LogP contribution in [0.4, 0.5) is 5.69 Å². The average molecular weight is 406 g/mol. The van der Waals surface area contributed by atoms with Crippen LogP contribution in [0.2, 0.25) is 0 Å². The van der Waals surface area contributed by atoms with Crippen molar-refractivity contribution in [2.24, 2.45) is 0 Å². The fourth-order valence-electron chi connectivity index (χ4n) is 3.65. The molecule has 30 heavy (non-hydrogen) atoms. The van der Waals surface area contributed by atoms with Crippen molar-refractivity contribution in [3.8, 4) is 0 Å². The molecule has 2 aromatic rings. The first kappa shape index (κ1) is 21.3. The van der Waals surface area contributed by atoms with E-state index in [2.05, 4.69) is 19.2 Å². The second kappa shape index (κ2) is 8.53. The van der Waals surface area contributed by atoms with Crippen molar-refractivity contribution in [2.75, 3.05) is 18.6 Å². The maximum absolute atomic E-state index is 12.5. The van der Waals surface area contributed by atoms with E-state index < -0.39 is 12.0 Å². The van der Waals surface area contributed by atoms with E-state index in [9.17, 15) is 14.4 Å². The monoisotopic (exact) mass is 406 g/mol. The smallest absolute Gasteiger partial charge is 0.328 e. The Morgan fingerprint density at radius 2 is 1.70 bits per heavy atom. The molecule has 1 amide bonds. The van der Waals surface area contributed by atoms with Crippen molar-refractivity contribution < 1.29 is 19.1 Å². The van der Waals surface area contributed by atoms with Crippen LogP contribution < -0.4 is 10.2 Å². The summed E-state index contributed by atoms with van der Waals surface area (Å²) in [5.74, 6) is -1.35. The molecule has 0 aromatic heterocycles. The molecule has 0 saturated heterocycles. The molecule has 156 valence electrons. The van der Waals surface area contributed by atoms with Crippen LogP contribution in [0.5, 0.6) is 0 Å². The molecular formula is C24H26N2O4. The molecule has 1 aliphatic rings. The topological polar surface area (TPSA) is 75.7 Å². The third-order valence-corrected chi connectivity index (χ3v) is 5.33. The lowest BCUT2D eigenvalue weighted by molar-refractivity contribution is -0.148. The molecule has 1 N–H and O–H groups in total. The number of allylic oxidation sites excluding steroid dienone is 1. The standard InChI is InChI=1S/C24H26N2O4/c1-16(25-22(28)17-10-6-5-7-11-17)23(29)30-15-18(27)14-21-24(2,3)19-12-8-9-13-20(19)26(21)4/h5-14,16H,15H2,1-4H3,(H,25,28). The minimum atomic E-state index is -0.868. The van der Waals surface area contributed by atoms with Gasteiger partial charge < -0.3 is 15.0 Å². The predicted octanol–water partition coefficient (Wildman–Crippen LogP) is 3.23. The van der Waals surface area contributed by atoms with Gasteiger partial charge in [-0.3, -0.25) is 9.59 Å². The number of carbonyl (C=O) groups excluding carboxylic acids is 3. The van der Waals surface area contributed by atoms with Gasteiger partial charge in [-0.2, -0.15) is 0 Å². The Labute approximate surface area is 176 Å². The van der Waals surface area contributed by atoms with Gasteiger partial charge in [0.05, 0.1) is 0 Å². The highest BCUT2D eigenvalue weighted by Gasteiger charge is 2.38. The van der Waals surface area contributed by atoms with Crippen LogP contribution in [-0.4, -0.2) is 37.4 Å². The minimum Gasteiger partial charge on any atom is -0.456 e. The summed E-state index contributed by atoms with van der Waals surface area (Å²) in [4.78, 5) is 38.8. The van der Waals surface area contributed by atoms with Crippen molar-refractivity contribution in [2.45, 2.75) is 32.2 Å². The molecule has 1 aliphatic heterocycles. The highest BCUT2D eigenvalue weighted by atomic mass is 16.5. The van der Waals surface area contributed by atoms with E-state index in [4.69, 9.17) is 4.74 Å². The van der Waals surface area contributed by atoms with Gasteiger partial charge in [0.2, 0.25) is 0 Å². The summed E-state index contributed by atoms with van der Waals surface area (Å²) in [7, 11) is 1.92. The van der Waals surface area contributed by atoms with Gasteiger partial charge in [0.15, 0.2) is 12.4 Å². The molecule has 2 aromatic carbocycles. The molecule has 1 unspecified atom stereocenters. The van der Waals surface area contributed by atoms with Crippen molar-refractivity contribution in [1.82, 2.24) is 5.32 Å². The number of para-hydroxylation sites is 1. The summed E-state index contributed by atoms with van der Waals surface area (Å²) >= 11 is 0. The van der Waals surface area contributed by atoms with E-state index in [-0.39, 0.29) is 23.7 Å². The number of nitrogens with zero attached hydrogens (tertiary/aromatic N) is 1. The zero-order chi connectivity index (χ0) is 21.9. The van der Waals surface area contributed by atoms with Crippen LogP contribution in [0.15, 0.2) is 66.4 Å². The number of hydrogen-bond acceptors (Lipinski definition) is 5. The first-order valence-electron chi connectivity index (χ1n) is 9.82. The molecule has 0 radical (unpaired) electrons. The Balaban J connectivity index is 1.59. The second-order valence-electron chi connectivity index (χ2n) is 7.87. The molecule has 0 saturated carbocycles. The molecule has 6 nitrogen and oxygen atoms in total. The highest BCUT2D eigenvalue weighted by molar-refractivity contribution is 5.97. The van der Waals surface area contributed by atoms with Crippen LogP contribution in [0.3, 0.4) is 0 Å². The SMILES string of the molecule is CC(NC(=O)c1ccccc1)C(=O)OCC(=O)C=C1N(C)c2ccccc2C1(C)C. The predicted molar refractivity (Wildman–Crippen MR) is 115 cm³/mol. The average Bonchev–Trinajstić information content (AvgIpc) is 2.93. The second-order valence-corrected chi connectivity index (χ2v) is 7.87. The summed E-state index contributed by atoms with van der Waals surface area (Å²) in [5.41, 5.74) is 3.15. The number of amides is 1. The van der Waals surface area contributed by atoms with Crippen LogP contribution in [0.25, 0.3) is 0 Å². The lowest BCUT2D eigenvalue weighted by Crippen LogP contribution is -2.40. The van der Waals surface area contributed by atoms with E-state index >= 15 is 0 Å². The fourth-order valence-corrected chi connectivity index (χ4v) is 3.65. The van der Waals surface area contributed by atoms with Crippen LogP contribution in [-0.2, 0) is 19.7 Å². The number of benzene rings is 2. The third kappa shape index (κ3) is 4.27. The number of likely N-dealkylation sites (N-methyl/N-ethyl adjacent to an activating group) is 1. The number of rotatable bonds is 6. The molecule has 0 fully saturated rings. The number of nitrogens with one attached hydrogen (secondary N) is 1. The van der Waals surface area contributed by atoms with E-state index in [0.29, 0.717) is 5.56 Å². The third-order valence-electron chi connectivity index (χ3n) is 5.33. The Kier molecular flexibility index (Phi) is 6.06. The quantitative estimate of drug-likeness (QED) is 0.589. The number of hydrogen-bond donors (Lipinski definition) is 1.